The molecule has 0 fully saturated rings. The van der Waals surface area contributed by atoms with Crippen LogP contribution in [-0.4, -0.2) is 36.9 Å². The Bertz CT molecular complexity index is 534. The summed E-state index contributed by atoms with van der Waals surface area (Å²) in [5, 5.41) is 9.07. The van der Waals surface area contributed by atoms with Crippen molar-refractivity contribution in [2.75, 3.05) is 19.8 Å². The molecule has 6 nitrogen and oxygen atoms in total. The molecular weight excluding hydrogens is 322 g/mol. The number of hydrogen-bond acceptors (Lipinski definition) is 5. The Kier molecular flexibility index (Phi) is 8.55. The summed E-state index contributed by atoms with van der Waals surface area (Å²) in [5.41, 5.74) is 6.64. The first-order chi connectivity index (χ1) is 11.8. The molecule has 0 heterocycles. The lowest BCUT2D eigenvalue weighted by Gasteiger charge is -2.26. The predicted octanol–water partition coefficient (Wildman–Crippen LogP) is 3.42. The number of carboxylic acid groups (broad SMARTS) is 1. The zero-order valence-electron chi connectivity index (χ0n) is 15.9. The van der Waals surface area contributed by atoms with Crippen LogP contribution in [0.1, 0.15) is 52.5 Å². The second kappa shape index (κ2) is 10.1. The minimum Gasteiger partial charge on any atom is -0.494 e. The number of benzene rings is 1. The Labute approximate surface area is 150 Å². The van der Waals surface area contributed by atoms with Gasteiger partial charge in [0, 0.05) is 17.7 Å². The van der Waals surface area contributed by atoms with E-state index >= 15 is 0 Å². The Hall–Kier alpha value is -1.95. The van der Waals surface area contributed by atoms with Crippen molar-refractivity contribution < 1.29 is 24.1 Å². The molecule has 0 aliphatic rings. The minimum atomic E-state index is -0.985. The lowest BCUT2D eigenvalue weighted by Crippen LogP contribution is -2.33. The first-order valence-electron chi connectivity index (χ1n) is 8.90. The van der Waals surface area contributed by atoms with E-state index in [9.17, 15) is 4.79 Å². The van der Waals surface area contributed by atoms with E-state index in [-0.39, 0.29) is 11.8 Å². The molecule has 1 aromatic carbocycles. The van der Waals surface area contributed by atoms with Crippen LogP contribution in [0.5, 0.6) is 17.2 Å². The van der Waals surface area contributed by atoms with Crippen LogP contribution in [0, 0.1) is 5.92 Å². The van der Waals surface area contributed by atoms with Gasteiger partial charge in [0.25, 0.3) is 0 Å². The first kappa shape index (κ1) is 21.1. The van der Waals surface area contributed by atoms with Gasteiger partial charge in [0.2, 0.25) is 0 Å². The maximum absolute atomic E-state index is 11.1. The Morgan fingerprint density at radius 2 is 1.52 bits per heavy atom. The summed E-state index contributed by atoms with van der Waals surface area (Å²) >= 11 is 0. The van der Waals surface area contributed by atoms with Gasteiger partial charge in [0.1, 0.15) is 23.3 Å². The zero-order valence-corrected chi connectivity index (χ0v) is 15.9. The van der Waals surface area contributed by atoms with Crippen LogP contribution >= 0.6 is 0 Å². The minimum absolute atomic E-state index is 0.0178. The molecule has 0 aromatic heterocycles. The van der Waals surface area contributed by atoms with E-state index in [1.54, 1.807) is 0 Å². The van der Waals surface area contributed by atoms with Crippen molar-refractivity contribution in [1.29, 1.82) is 0 Å². The van der Waals surface area contributed by atoms with E-state index in [1.165, 1.54) is 0 Å². The standard InChI is InChI=1S/C19H31NO5/c1-6-23-14-10-16(24-7-2)18(17(11-14)25-8-3)13(5)12(4)9-15(20)19(21)22/h10-13,15H,6-9,20H2,1-5H3,(H,21,22). The van der Waals surface area contributed by atoms with Gasteiger partial charge < -0.3 is 25.1 Å². The molecule has 6 heteroatoms. The summed E-state index contributed by atoms with van der Waals surface area (Å²) in [7, 11) is 0. The molecule has 1 aromatic rings. The molecule has 0 saturated carbocycles. The molecule has 3 N–H and O–H groups in total. The Balaban J connectivity index is 3.25. The van der Waals surface area contributed by atoms with Crippen LogP contribution in [-0.2, 0) is 4.79 Å². The summed E-state index contributed by atoms with van der Waals surface area (Å²) in [6.07, 6.45) is 0.376. The van der Waals surface area contributed by atoms with E-state index in [0.29, 0.717) is 43.5 Å². The summed E-state index contributed by atoms with van der Waals surface area (Å²) in [6.45, 7) is 11.4. The summed E-state index contributed by atoms with van der Waals surface area (Å²) in [5.74, 6) is 1.19. The lowest BCUT2D eigenvalue weighted by atomic mass is 9.83. The van der Waals surface area contributed by atoms with Gasteiger partial charge in [-0.25, -0.2) is 0 Å². The second-order valence-electron chi connectivity index (χ2n) is 6.08. The van der Waals surface area contributed by atoms with Gasteiger partial charge in [-0.2, -0.15) is 0 Å². The van der Waals surface area contributed by atoms with Crippen molar-refractivity contribution in [1.82, 2.24) is 0 Å². The van der Waals surface area contributed by atoms with E-state index in [0.717, 1.165) is 5.56 Å². The molecule has 1 rings (SSSR count). The summed E-state index contributed by atoms with van der Waals surface area (Å²) < 4.78 is 17.3. The van der Waals surface area contributed by atoms with E-state index in [4.69, 9.17) is 25.1 Å². The maximum Gasteiger partial charge on any atom is 0.320 e. The predicted molar refractivity (Wildman–Crippen MR) is 97.8 cm³/mol. The normalized spacial score (nSPS) is 14.5. The average molecular weight is 353 g/mol. The molecule has 0 bridgehead atoms. The quantitative estimate of drug-likeness (QED) is 0.633. The molecular formula is C19H31NO5. The number of hydrogen-bond donors (Lipinski definition) is 2. The Morgan fingerprint density at radius 1 is 1.04 bits per heavy atom. The van der Waals surface area contributed by atoms with Crippen molar-refractivity contribution in [2.45, 2.75) is 53.0 Å². The summed E-state index contributed by atoms with van der Waals surface area (Å²) in [4.78, 5) is 11.1. The van der Waals surface area contributed by atoms with Gasteiger partial charge >= 0.3 is 5.97 Å². The van der Waals surface area contributed by atoms with Gasteiger partial charge in [-0.05, 0) is 39.0 Å². The maximum atomic E-state index is 11.1. The van der Waals surface area contributed by atoms with Crippen LogP contribution in [0.2, 0.25) is 0 Å². The summed E-state index contributed by atoms with van der Waals surface area (Å²) in [6, 6.07) is 2.85. The van der Waals surface area contributed by atoms with Gasteiger partial charge in [-0.3, -0.25) is 4.79 Å². The van der Waals surface area contributed by atoms with Crippen molar-refractivity contribution in [3.05, 3.63) is 17.7 Å². The molecule has 25 heavy (non-hydrogen) atoms. The molecule has 0 radical (unpaired) electrons. The average Bonchev–Trinajstić information content (AvgIpc) is 2.55. The van der Waals surface area contributed by atoms with Crippen molar-refractivity contribution in [2.24, 2.45) is 11.7 Å². The highest BCUT2D eigenvalue weighted by atomic mass is 16.5. The molecule has 0 saturated heterocycles. The first-order valence-corrected chi connectivity index (χ1v) is 8.90. The molecule has 0 amide bonds. The monoisotopic (exact) mass is 353 g/mol. The van der Waals surface area contributed by atoms with Gasteiger partial charge in [-0.1, -0.05) is 13.8 Å². The SMILES string of the molecule is CCOc1cc(OCC)c(C(C)C(C)CC(N)C(=O)O)c(OCC)c1. The number of carboxylic acids is 1. The number of rotatable bonds is 11. The Morgan fingerprint density at radius 3 is 1.92 bits per heavy atom. The highest BCUT2D eigenvalue weighted by Crippen LogP contribution is 2.43. The third kappa shape index (κ3) is 5.81. The highest BCUT2D eigenvalue weighted by molar-refractivity contribution is 5.73. The van der Waals surface area contributed by atoms with Crippen LogP contribution < -0.4 is 19.9 Å². The second-order valence-corrected chi connectivity index (χ2v) is 6.08. The molecule has 0 spiro atoms. The fourth-order valence-electron chi connectivity index (χ4n) is 2.82. The van der Waals surface area contributed by atoms with E-state index < -0.39 is 12.0 Å². The molecule has 0 aliphatic heterocycles. The fourth-order valence-corrected chi connectivity index (χ4v) is 2.82. The third-order valence-corrected chi connectivity index (χ3v) is 4.24. The van der Waals surface area contributed by atoms with Crippen molar-refractivity contribution >= 4 is 5.97 Å². The molecule has 3 unspecified atom stereocenters. The topological polar surface area (TPSA) is 91.0 Å². The van der Waals surface area contributed by atoms with E-state index in [1.807, 2.05) is 46.8 Å². The number of aliphatic carboxylic acids is 1. The van der Waals surface area contributed by atoms with E-state index in [2.05, 4.69) is 0 Å². The van der Waals surface area contributed by atoms with Gasteiger partial charge in [-0.15, -0.1) is 0 Å². The lowest BCUT2D eigenvalue weighted by molar-refractivity contribution is -0.138. The van der Waals surface area contributed by atoms with Crippen molar-refractivity contribution in [3.63, 3.8) is 0 Å². The van der Waals surface area contributed by atoms with Crippen LogP contribution in [0.4, 0.5) is 0 Å². The molecule has 0 aliphatic carbocycles. The number of nitrogens with two attached hydrogens (primary N) is 1. The zero-order chi connectivity index (χ0) is 19.0. The highest BCUT2D eigenvalue weighted by Gasteiger charge is 2.27. The number of ether oxygens (including phenoxy) is 3. The largest absolute Gasteiger partial charge is 0.494 e. The molecule has 3 atom stereocenters. The third-order valence-electron chi connectivity index (χ3n) is 4.24. The van der Waals surface area contributed by atoms with Gasteiger partial charge in [0.05, 0.1) is 19.8 Å². The number of carbonyl (C=O) groups is 1. The van der Waals surface area contributed by atoms with Crippen molar-refractivity contribution in [3.8, 4) is 17.2 Å². The molecule has 142 valence electrons. The smallest absolute Gasteiger partial charge is 0.320 e. The fraction of sp³-hybridized carbons (Fsp3) is 0.632. The van der Waals surface area contributed by atoms with Crippen LogP contribution in [0.15, 0.2) is 12.1 Å². The van der Waals surface area contributed by atoms with Gasteiger partial charge in [0.15, 0.2) is 0 Å². The van der Waals surface area contributed by atoms with Crippen LogP contribution in [0.25, 0.3) is 0 Å². The van der Waals surface area contributed by atoms with Crippen LogP contribution in [0.3, 0.4) is 0 Å².